The SMILES string of the molecule is COCC1=C2[C@@H](CC/C(=C/c3cccc(O)c3)c3ccccc3)OC[C@@H]2[C@@H]2C(=O)N(Cc3cccs3)C(=O)[C@@H]2C1. The average Bonchev–Trinajstić information content (AvgIpc) is 3.68. The molecule has 40 heavy (non-hydrogen) atoms. The molecule has 3 aliphatic rings. The van der Waals surface area contributed by atoms with Crippen LogP contribution in [0.3, 0.4) is 0 Å². The first-order valence-electron chi connectivity index (χ1n) is 13.8. The van der Waals surface area contributed by atoms with E-state index in [9.17, 15) is 14.7 Å². The molecule has 2 saturated heterocycles. The largest absolute Gasteiger partial charge is 0.508 e. The highest BCUT2D eigenvalue weighted by molar-refractivity contribution is 7.09. The highest BCUT2D eigenvalue weighted by atomic mass is 32.1. The lowest BCUT2D eigenvalue weighted by atomic mass is 9.69. The number of fused-ring (bicyclic) bond motifs is 3. The summed E-state index contributed by atoms with van der Waals surface area (Å²) in [7, 11) is 1.68. The van der Waals surface area contributed by atoms with E-state index in [4.69, 9.17) is 9.47 Å². The van der Waals surface area contributed by atoms with Crippen LogP contribution >= 0.6 is 11.3 Å². The van der Waals surface area contributed by atoms with E-state index in [0.717, 1.165) is 45.6 Å². The maximum atomic E-state index is 13.6. The molecule has 1 aliphatic carbocycles. The van der Waals surface area contributed by atoms with Crippen molar-refractivity contribution in [2.24, 2.45) is 17.8 Å². The topological polar surface area (TPSA) is 76.1 Å². The quantitative estimate of drug-likeness (QED) is 0.201. The summed E-state index contributed by atoms with van der Waals surface area (Å²) in [6, 6.07) is 21.4. The lowest BCUT2D eigenvalue weighted by molar-refractivity contribution is -0.140. The van der Waals surface area contributed by atoms with Gasteiger partial charge in [-0.05, 0) is 70.7 Å². The Balaban J connectivity index is 1.26. The molecule has 3 aromatic rings. The van der Waals surface area contributed by atoms with Crippen LogP contribution in [0.1, 0.15) is 35.3 Å². The third-order valence-electron chi connectivity index (χ3n) is 8.34. The molecule has 2 fully saturated rings. The molecule has 0 unspecified atom stereocenters. The van der Waals surface area contributed by atoms with Crippen LogP contribution < -0.4 is 0 Å². The lowest BCUT2D eigenvalue weighted by Gasteiger charge is -2.31. The zero-order chi connectivity index (χ0) is 27.6. The number of ether oxygens (including phenoxy) is 2. The van der Waals surface area contributed by atoms with Crippen molar-refractivity contribution in [1.82, 2.24) is 4.90 Å². The molecule has 0 radical (unpaired) electrons. The number of imide groups is 1. The zero-order valence-electron chi connectivity index (χ0n) is 22.5. The summed E-state index contributed by atoms with van der Waals surface area (Å²) in [6.07, 6.45) is 4.02. The lowest BCUT2D eigenvalue weighted by Crippen LogP contribution is -2.35. The Hall–Kier alpha value is -3.52. The van der Waals surface area contributed by atoms with E-state index >= 15 is 0 Å². The van der Waals surface area contributed by atoms with Crippen LogP contribution in [0.2, 0.25) is 0 Å². The Morgan fingerprint density at radius 2 is 1.93 bits per heavy atom. The Morgan fingerprint density at radius 1 is 1.07 bits per heavy atom. The molecule has 2 aromatic carbocycles. The number of aromatic hydroxyl groups is 1. The molecule has 3 heterocycles. The van der Waals surface area contributed by atoms with Gasteiger partial charge in [-0.1, -0.05) is 54.6 Å². The molecular weight excluding hydrogens is 522 g/mol. The molecule has 0 saturated carbocycles. The fourth-order valence-corrected chi connectivity index (χ4v) is 7.31. The second-order valence-electron chi connectivity index (χ2n) is 10.8. The summed E-state index contributed by atoms with van der Waals surface area (Å²) in [6.45, 7) is 1.22. The Kier molecular flexibility index (Phi) is 7.69. The minimum atomic E-state index is -0.371. The zero-order valence-corrected chi connectivity index (χ0v) is 23.3. The number of hydrogen-bond donors (Lipinski definition) is 1. The summed E-state index contributed by atoms with van der Waals surface area (Å²) in [4.78, 5) is 29.6. The molecule has 0 spiro atoms. The fourth-order valence-electron chi connectivity index (χ4n) is 6.61. The number of phenols is 1. The predicted molar refractivity (Wildman–Crippen MR) is 155 cm³/mol. The minimum absolute atomic E-state index is 0.0691. The van der Waals surface area contributed by atoms with Crippen molar-refractivity contribution in [2.75, 3.05) is 20.3 Å². The second kappa shape index (κ2) is 11.5. The Bertz CT molecular complexity index is 1440. The number of nitrogens with zero attached hydrogens (tertiary/aromatic N) is 1. The third kappa shape index (κ3) is 5.17. The average molecular weight is 556 g/mol. The van der Waals surface area contributed by atoms with E-state index in [2.05, 4.69) is 18.2 Å². The standard InChI is InChI=1S/C33H33NO5S/c1-38-19-24-17-27-31(33(37)34(32(27)36)18-26-11-6-14-40-26)28-20-39-29(30(24)28)13-12-23(22-8-3-2-4-9-22)15-21-7-5-10-25(35)16-21/h2-11,14-16,27-29,31,35H,12-13,17-20H2,1H3/b23-15-/t27-,28+,29-,31-/m1/s1. The molecule has 2 amide bonds. The molecule has 6 nitrogen and oxygen atoms in total. The van der Waals surface area contributed by atoms with E-state index in [1.807, 2.05) is 47.8 Å². The van der Waals surface area contributed by atoms with Crippen molar-refractivity contribution in [3.63, 3.8) is 0 Å². The number of allylic oxidation sites excluding steroid dienone is 1. The molecular formula is C33H33NO5S. The van der Waals surface area contributed by atoms with E-state index in [0.29, 0.717) is 26.2 Å². The molecule has 1 N–H and O–H groups in total. The minimum Gasteiger partial charge on any atom is -0.508 e. The van der Waals surface area contributed by atoms with E-state index in [1.54, 1.807) is 30.6 Å². The summed E-state index contributed by atoms with van der Waals surface area (Å²) in [5, 5.41) is 12.0. The van der Waals surface area contributed by atoms with Gasteiger partial charge in [-0.25, -0.2) is 0 Å². The summed E-state index contributed by atoms with van der Waals surface area (Å²) >= 11 is 1.56. The second-order valence-corrected chi connectivity index (χ2v) is 11.8. The van der Waals surface area contributed by atoms with E-state index in [-0.39, 0.29) is 41.4 Å². The Labute approximate surface area is 238 Å². The maximum Gasteiger partial charge on any atom is 0.234 e. The summed E-state index contributed by atoms with van der Waals surface area (Å²) in [5.41, 5.74) is 5.47. The van der Waals surface area contributed by atoms with Gasteiger partial charge in [0.1, 0.15) is 5.75 Å². The van der Waals surface area contributed by atoms with Crippen molar-refractivity contribution in [3.8, 4) is 5.75 Å². The van der Waals surface area contributed by atoms with Crippen LogP contribution in [0, 0.1) is 17.8 Å². The number of carbonyl (C=O) groups excluding carboxylic acids is 2. The maximum absolute atomic E-state index is 13.6. The highest BCUT2D eigenvalue weighted by Gasteiger charge is 2.56. The van der Waals surface area contributed by atoms with Crippen LogP contribution in [0.4, 0.5) is 0 Å². The van der Waals surface area contributed by atoms with E-state index < -0.39 is 0 Å². The van der Waals surface area contributed by atoms with Crippen LogP contribution in [-0.2, 0) is 25.6 Å². The third-order valence-corrected chi connectivity index (χ3v) is 9.20. The Morgan fingerprint density at radius 3 is 2.67 bits per heavy atom. The molecule has 0 bridgehead atoms. The predicted octanol–water partition coefficient (Wildman–Crippen LogP) is 5.94. The molecule has 2 aliphatic heterocycles. The van der Waals surface area contributed by atoms with Crippen molar-refractivity contribution in [3.05, 3.63) is 99.3 Å². The van der Waals surface area contributed by atoms with Crippen molar-refractivity contribution in [1.29, 1.82) is 0 Å². The van der Waals surface area contributed by atoms with Crippen molar-refractivity contribution in [2.45, 2.75) is 31.9 Å². The van der Waals surface area contributed by atoms with Gasteiger partial charge in [0, 0.05) is 17.9 Å². The van der Waals surface area contributed by atoms with Gasteiger partial charge in [0.25, 0.3) is 0 Å². The number of likely N-dealkylation sites (tertiary alicyclic amines) is 1. The molecule has 4 atom stereocenters. The van der Waals surface area contributed by atoms with Gasteiger partial charge in [0.15, 0.2) is 0 Å². The first kappa shape index (κ1) is 26.7. The number of methoxy groups -OCH3 is 1. The molecule has 1 aromatic heterocycles. The van der Waals surface area contributed by atoms with Gasteiger partial charge in [0.2, 0.25) is 11.8 Å². The van der Waals surface area contributed by atoms with Crippen molar-refractivity contribution >= 4 is 34.8 Å². The first-order valence-corrected chi connectivity index (χ1v) is 14.7. The van der Waals surface area contributed by atoms with Gasteiger partial charge in [-0.3, -0.25) is 14.5 Å². The molecule has 206 valence electrons. The van der Waals surface area contributed by atoms with Gasteiger partial charge < -0.3 is 14.6 Å². The van der Waals surface area contributed by atoms with Gasteiger partial charge >= 0.3 is 0 Å². The monoisotopic (exact) mass is 555 g/mol. The number of hydrogen-bond acceptors (Lipinski definition) is 6. The van der Waals surface area contributed by atoms with Gasteiger partial charge in [0.05, 0.1) is 37.7 Å². The van der Waals surface area contributed by atoms with Gasteiger partial charge in [-0.2, -0.15) is 0 Å². The smallest absolute Gasteiger partial charge is 0.234 e. The van der Waals surface area contributed by atoms with Crippen molar-refractivity contribution < 1.29 is 24.2 Å². The van der Waals surface area contributed by atoms with Crippen LogP contribution in [0.5, 0.6) is 5.75 Å². The highest BCUT2D eigenvalue weighted by Crippen LogP contribution is 2.50. The normalized spacial score (nSPS) is 24.5. The number of carbonyl (C=O) groups is 2. The van der Waals surface area contributed by atoms with E-state index in [1.165, 1.54) is 4.90 Å². The van der Waals surface area contributed by atoms with Gasteiger partial charge in [-0.15, -0.1) is 11.3 Å². The van der Waals surface area contributed by atoms with Crippen LogP contribution in [0.25, 0.3) is 11.6 Å². The number of rotatable bonds is 9. The summed E-state index contributed by atoms with van der Waals surface area (Å²) in [5.74, 6) is -0.726. The molecule has 6 rings (SSSR count). The van der Waals surface area contributed by atoms with Crippen LogP contribution in [-0.4, -0.2) is 48.2 Å². The number of phenolic OH excluding ortho intramolecular Hbond substituents is 1. The number of amides is 2. The number of benzene rings is 2. The number of thiophene rings is 1. The summed E-state index contributed by atoms with van der Waals surface area (Å²) < 4.78 is 12.0. The molecule has 7 heteroatoms. The van der Waals surface area contributed by atoms with Crippen LogP contribution in [0.15, 0.2) is 83.3 Å². The first-order chi connectivity index (χ1) is 19.5. The fraction of sp³-hybridized carbons (Fsp3) is 0.333.